The minimum atomic E-state index is -0.318. The highest BCUT2D eigenvalue weighted by atomic mass is 16.5. The number of anilines is 2. The molecular formula is C14H14N4O3. The van der Waals surface area contributed by atoms with E-state index >= 15 is 0 Å². The zero-order chi connectivity index (χ0) is 15.2. The fraction of sp³-hybridized carbons (Fsp3) is 0.0714. The summed E-state index contributed by atoms with van der Waals surface area (Å²) in [6.45, 7) is 0. The second-order valence-corrected chi connectivity index (χ2v) is 4.18. The smallest absolute Gasteiger partial charge is 0.318 e. The fourth-order valence-electron chi connectivity index (χ4n) is 1.60. The first kappa shape index (κ1) is 14.3. The lowest BCUT2D eigenvalue weighted by Gasteiger charge is -2.07. The minimum absolute atomic E-state index is 0.317. The zero-order valence-electron chi connectivity index (χ0n) is 11.3. The molecule has 1 heterocycles. The van der Waals surface area contributed by atoms with Crippen molar-refractivity contribution in [3.8, 4) is 0 Å². The molecule has 21 heavy (non-hydrogen) atoms. The number of pyridine rings is 1. The van der Waals surface area contributed by atoms with Crippen molar-refractivity contribution in [1.82, 2.24) is 5.32 Å². The van der Waals surface area contributed by atoms with Gasteiger partial charge in [-0.3, -0.25) is 4.79 Å². The van der Waals surface area contributed by atoms with Crippen LogP contribution in [0.1, 0.15) is 10.4 Å². The van der Waals surface area contributed by atoms with Crippen molar-refractivity contribution in [3.63, 3.8) is 0 Å². The molecule has 0 saturated carbocycles. The van der Waals surface area contributed by atoms with Crippen LogP contribution in [0.2, 0.25) is 0 Å². The van der Waals surface area contributed by atoms with E-state index in [0.29, 0.717) is 21.7 Å². The summed E-state index contributed by atoms with van der Waals surface area (Å²) in [6, 6.07) is 9.22. The fourth-order valence-corrected chi connectivity index (χ4v) is 1.60. The second kappa shape index (κ2) is 6.38. The van der Waals surface area contributed by atoms with E-state index in [4.69, 9.17) is 0 Å². The Balaban J connectivity index is 2.01. The van der Waals surface area contributed by atoms with Gasteiger partial charge in [-0.25, -0.2) is 4.79 Å². The first-order valence-corrected chi connectivity index (χ1v) is 6.17. The summed E-state index contributed by atoms with van der Waals surface area (Å²) in [7, 11) is 1.52. The normalized spacial score (nSPS) is 9.76. The van der Waals surface area contributed by atoms with Crippen LogP contribution in [-0.4, -0.2) is 19.0 Å². The lowest BCUT2D eigenvalue weighted by molar-refractivity contribution is -0.605. The summed E-state index contributed by atoms with van der Waals surface area (Å²) in [5, 5.41) is 18.6. The molecule has 3 amide bonds. The summed E-state index contributed by atoms with van der Waals surface area (Å²) in [4.78, 5) is 23.1. The SMILES string of the molecule is CNC(=O)Nc1ccc(NC(=O)c2cc[n+]([O-])cc2)cc1. The maximum absolute atomic E-state index is 11.9. The number of nitrogens with zero attached hydrogens (tertiary/aromatic N) is 1. The average Bonchev–Trinajstić information content (AvgIpc) is 2.49. The molecule has 0 radical (unpaired) electrons. The largest absolute Gasteiger partial charge is 0.619 e. The number of carbonyl (C=O) groups is 2. The van der Waals surface area contributed by atoms with Crippen LogP contribution in [0.4, 0.5) is 16.2 Å². The van der Waals surface area contributed by atoms with E-state index in [1.165, 1.54) is 31.6 Å². The number of amides is 3. The van der Waals surface area contributed by atoms with Gasteiger partial charge in [0, 0.05) is 30.6 Å². The second-order valence-electron chi connectivity index (χ2n) is 4.18. The molecule has 0 spiro atoms. The van der Waals surface area contributed by atoms with Crippen molar-refractivity contribution in [1.29, 1.82) is 0 Å². The molecule has 2 aromatic rings. The number of nitrogens with one attached hydrogen (secondary N) is 3. The van der Waals surface area contributed by atoms with Gasteiger partial charge in [-0.2, -0.15) is 4.73 Å². The van der Waals surface area contributed by atoms with Gasteiger partial charge in [-0.05, 0) is 24.3 Å². The number of hydrogen-bond acceptors (Lipinski definition) is 3. The van der Waals surface area contributed by atoms with Crippen LogP contribution in [0.25, 0.3) is 0 Å². The van der Waals surface area contributed by atoms with E-state index in [1.54, 1.807) is 24.3 Å². The highest BCUT2D eigenvalue weighted by Crippen LogP contribution is 2.14. The number of benzene rings is 1. The lowest BCUT2D eigenvalue weighted by atomic mass is 10.2. The Kier molecular flexibility index (Phi) is 4.35. The van der Waals surface area contributed by atoms with E-state index in [-0.39, 0.29) is 11.9 Å². The summed E-state index contributed by atoms with van der Waals surface area (Å²) in [5.41, 5.74) is 1.58. The first-order chi connectivity index (χ1) is 10.1. The number of aromatic nitrogens is 1. The van der Waals surface area contributed by atoms with Crippen LogP contribution < -0.4 is 20.7 Å². The third kappa shape index (κ3) is 3.93. The standard InChI is InChI=1S/C14H14N4O3/c1-15-14(20)17-12-4-2-11(3-5-12)16-13(19)10-6-8-18(21)9-7-10/h2-9H,1H3,(H,16,19)(H2,15,17,20). The van der Waals surface area contributed by atoms with Gasteiger partial charge in [0.25, 0.3) is 5.91 Å². The van der Waals surface area contributed by atoms with Crippen LogP contribution >= 0.6 is 0 Å². The molecule has 7 nitrogen and oxygen atoms in total. The molecule has 0 saturated heterocycles. The Hall–Kier alpha value is -3.09. The number of rotatable bonds is 3. The quantitative estimate of drug-likeness (QED) is 0.586. The molecule has 1 aromatic carbocycles. The van der Waals surface area contributed by atoms with Crippen molar-refractivity contribution in [2.24, 2.45) is 0 Å². The first-order valence-electron chi connectivity index (χ1n) is 6.17. The lowest BCUT2D eigenvalue weighted by Crippen LogP contribution is -2.25. The van der Waals surface area contributed by atoms with Crippen molar-refractivity contribution in [2.75, 3.05) is 17.7 Å². The van der Waals surface area contributed by atoms with Crippen LogP contribution in [0.15, 0.2) is 48.8 Å². The molecule has 0 atom stereocenters. The Morgan fingerprint density at radius 1 is 0.952 bits per heavy atom. The highest BCUT2D eigenvalue weighted by Gasteiger charge is 2.07. The highest BCUT2D eigenvalue weighted by molar-refractivity contribution is 6.04. The van der Waals surface area contributed by atoms with E-state index in [0.717, 1.165) is 0 Å². The maximum Gasteiger partial charge on any atom is 0.318 e. The van der Waals surface area contributed by atoms with Crippen molar-refractivity contribution in [3.05, 3.63) is 59.6 Å². The van der Waals surface area contributed by atoms with Gasteiger partial charge >= 0.3 is 6.03 Å². The molecule has 7 heteroatoms. The summed E-state index contributed by atoms with van der Waals surface area (Å²) in [6.07, 6.45) is 2.51. The van der Waals surface area contributed by atoms with Crippen LogP contribution in [0.5, 0.6) is 0 Å². The molecule has 0 fully saturated rings. The van der Waals surface area contributed by atoms with Crippen molar-refractivity contribution < 1.29 is 14.3 Å². The number of carbonyl (C=O) groups excluding carboxylic acids is 2. The molecule has 0 aliphatic carbocycles. The van der Waals surface area contributed by atoms with Gasteiger partial charge in [0.05, 0.1) is 5.56 Å². The monoisotopic (exact) mass is 286 g/mol. The molecule has 1 aromatic heterocycles. The number of hydrogen-bond donors (Lipinski definition) is 3. The summed E-state index contributed by atoms with van der Waals surface area (Å²) in [5.74, 6) is -0.317. The molecule has 3 N–H and O–H groups in total. The predicted octanol–water partition coefficient (Wildman–Crippen LogP) is 1.32. The molecular weight excluding hydrogens is 272 g/mol. The van der Waals surface area contributed by atoms with E-state index in [2.05, 4.69) is 16.0 Å². The molecule has 0 bridgehead atoms. The predicted molar refractivity (Wildman–Crippen MR) is 77.9 cm³/mol. The van der Waals surface area contributed by atoms with Crippen LogP contribution in [0, 0.1) is 5.21 Å². The van der Waals surface area contributed by atoms with Gasteiger partial charge in [0.1, 0.15) is 0 Å². The summed E-state index contributed by atoms with van der Waals surface area (Å²) < 4.78 is 0.607. The molecule has 0 aliphatic rings. The molecule has 0 unspecified atom stereocenters. The van der Waals surface area contributed by atoms with Crippen molar-refractivity contribution >= 4 is 23.3 Å². The third-order valence-corrected chi connectivity index (χ3v) is 2.69. The Bertz CT molecular complexity index is 638. The van der Waals surface area contributed by atoms with Gasteiger partial charge in [-0.1, -0.05) is 0 Å². The Labute approximate surface area is 121 Å². The zero-order valence-corrected chi connectivity index (χ0v) is 11.3. The van der Waals surface area contributed by atoms with Gasteiger partial charge in [0.15, 0.2) is 12.4 Å². The molecule has 108 valence electrons. The van der Waals surface area contributed by atoms with E-state index < -0.39 is 0 Å². The van der Waals surface area contributed by atoms with Crippen molar-refractivity contribution in [2.45, 2.75) is 0 Å². The Morgan fingerprint density at radius 2 is 1.48 bits per heavy atom. The van der Waals surface area contributed by atoms with Gasteiger partial charge < -0.3 is 21.2 Å². The molecule has 0 aliphatic heterocycles. The van der Waals surface area contributed by atoms with Crippen LogP contribution in [0.3, 0.4) is 0 Å². The van der Waals surface area contributed by atoms with E-state index in [9.17, 15) is 14.8 Å². The topological polar surface area (TPSA) is 97.2 Å². The summed E-state index contributed by atoms with van der Waals surface area (Å²) >= 11 is 0. The van der Waals surface area contributed by atoms with E-state index in [1.807, 2.05) is 0 Å². The minimum Gasteiger partial charge on any atom is -0.619 e. The van der Waals surface area contributed by atoms with Gasteiger partial charge in [-0.15, -0.1) is 0 Å². The molecule has 2 rings (SSSR count). The van der Waals surface area contributed by atoms with Gasteiger partial charge in [0.2, 0.25) is 0 Å². The maximum atomic E-state index is 11.9. The Morgan fingerprint density at radius 3 is 2.00 bits per heavy atom. The number of urea groups is 1. The van der Waals surface area contributed by atoms with Crippen LogP contribution in [-0.2, 0) is 0 Å². The third-order valence-electron chi connectivity index (χ3n) is 2.69. The average molecular weight is 286 g/mol.